The number of aromatic nitrogens is 1. The zero-order valence-electron chi connectivity index (χ0n) is 11.0. The summed E-state index contributed by atoms with van der Waals surface area (Å²) in [5.41, 5.74) is 1.11. The van der Waals surface area contributed by atoms with Crippen molar-refractivity contribution in [1.29, 1.82) is 0 Å². The van der Waals surface area contributed by atoms with Crippen molar-refractivity contribution < 1.29 is 4.79 Å². The molecule has 19 heavy (non-hydrogen) atoms. The second-order valence-corrected chi connectivity index (χ2v) is 4.99. The Labute approximate surface area is 118 Å². The number of carbonyl (C=O) groups is 1. The molecule has 0 radical (unpaired) electrons. The minimum atomic E-state index is 0.237. The Balaban J connectivity index is 1.69. The molecule has 102 valence electrons. The number of amides is 1. The molecule has 0 bridgehead atoms. The van der Waals surface area contributed by atoms with E-state index in [1.807, 2.05) is 24.0 Å². The number of anilines is 1. The van der Waals surface area contributed by atoms with Gasteiger partial charge in [0.25, 0.3) is 0 Å². The Morgan fingerprint density at radius 3 is 3.00 bits per heavy atom. The molecule has 1 aromatic rings. The summed E-state index contributed by atoms with van der Waals surface area (Å²) in [6.07, 6.45) is 3.43. The number of nitrogens with zero attached hydrogens (tertiary/aromatic N) is 2. The lowest BCUT2D eigenvalue weighted by molar-refractivity contribution is -0.127. The third kappa shape index (κ3) is 4.17. The van der Waals surface area contributed by atoms with Crippen molar-refractivity contribution in [3.05, 3.63) is 23.9 Å². The molecular weight excluding hydrogens is 260 g/mol. The first kappa shape index (κ1) is 13.7. The SMILES string of the molecule is Cc1ccc(NC(=S)NCCN2CCCC2=O)nc1. The summed E-state index contributed by atoms with van der Waals surface area (Å²) in [7, 11) is 0. The van der Waals surface area contributed by atoms with E-state index in [1.54, 1.807) is 6.20 Å². The molecule has 2 rings (SSSR count). The zero-order valence-corrected chi connectivity index (χ0v) is 11.8. The number of hydrogen-bond donors (Lipinski definition) is 2. The number of pyridine rings is 1. The number of aryl methyl sites for hydroxylation is 1. The number of likely N-dealkylation sites (tertiary alicyclic amines) is 1. The third-order valence-electron chi connectivity index (χ3n) is 2.99. The summed E-state index contributed by atoms with van der Waals surface area (Å²) in [4.78, 5) is 17.5. The summed E-state index contributed by atoms with van der Waals surface area (Å²) in [6, 6.07) is 3.86. The standard InChI is InChI=1S/C13H18N4OS/c1-10-4-5-11(15-9-10)16-13(19)14-6-8-17-7-2-3-12(17)18/h4-5,9H,2-3,6-8H2,1H3,(H2,14,15,16,19). The number of nitrogens with one attached hydrogen (secondary N) is 2. The van der Waals surface area contributed by atoms with Crippen LogP contribution < -0.4 is 10.6 Å². The molecule has 0 atom stereocenters. The van der Waals surface area contributed by atoms with Gasteiger partial charge in [0.05, 0.1) is 0 Å². The predicted octanol–water partition coefficient (Wildman–Crippen LogP) is 1.30. The fourth-order valence-corrected chi connectivity index (χ4v) is 2.15. The average Bonchev–Trinajstić information content (AvgIpc) is 2.78. The second kappa shape index (κ2) is 6.47. The van der Waals surface area contributed by atoms with E-state index in [4.69, 9.17) is 12.2 Å². The van der Waals surface area contributed by atoms with E-state index in [2.05, 4.69) is 15.6 Å². The van der Waals surface area contributed by atoms with Crippen molar-refractivity contribution in [2.45, 2.75) is 19.8 Å². The van der Waals surface area contributed by atoms with Crippen molar-refractivity contribution in [1.82, 2.24) is 15.2 Å². The third-order valence-corrected chi connectivity index (χ3v) is 3.24. The van der Waals surface area contributed by atoms with Crippen molar-refractivity contribution in [2.75, 3.05) is 25.0 Å². The Bertz CT molecular complexity index is 460. The van der Waals surface area contributed by atoms with Crippen LogP contribution in [-0.2, 0) is 4.79 Å². The van der Waals surface area contributed by atoms with Crippen LogP contribution in [0, 0.1) is 6.92 Å². The van der Waals surface area contributed by atoms with Crippen LogP contribution in [0.1, 0.15) is 18.4 Å². The van der Waals surface area contributed by atoms with Crippen molar-refractivity contribution in [3.63, 3.8) is 0 Å². The van der Waals surface area contributed by atoms with Crippen LogP contribution in [0.5, 0.6) is 0 Å². The molecule has 5 nitrogen and oxygen atoms in total. The lowest BCUT2D eigenvalue weighted by Gasteiger charge is -2.16. The van der Waals surface area contributed by atoms with E-state index in [-0.39, 0.29) is 5.91 Å². The van der Waals surface area contributed by atoms with E-state index in [9.17, 15) is 4.79 Å². The van der Waals surface area contributed by atoms with Crippen LogP contribution in [0.15, 0.2) is 18.3 Å². The van der Waals surface area contributed by atoms with Crippen molar-refractivity contribution in [2.24, 2.45) is 0 Å². The molecule has 2 N–H and O–H groups in total. The first-order valence-corrected chi connectivity index (χ1v) is 6.81. The molecule has 0 aromatic carbocycles. The minimum Gasteiger partial charge on any atom is -0.361 e. The van der Waals surface area contributed by atoms with Crippen LogP contribution in [0.25, 0.3) is 0 Å². The summed E-state index contributed by atoms with van der Waals surface area (Å²) in [6.45, 7) is 4.20. The fourth-order valence-electron chi connectivity index (χ4n) is 1.95. The first-order valence-electron chi connectivity index (χ1n) is 6.40. The Kier molecular flexibility index (Phi) is 4.68. The van der Waals surface area contributed by atoms with Gasteiger partial charge in [0.2, 0.25) is 5.91 Å². The van der Waals surface area contributed by atoms with Crippen LogP contribution in [0.4, 0.5) is 5.82 Å². The number of thiocarbonyl (C=S) groups is 1. The first-order chi connectivity index (χ1) is 9.15. The number of rotatable bonds is 4. The number of carbonyl (C=O) groups excluding carboxylic acids is 1. The lowest BCUT2D eigenvalue weighted by Crippen LogP contribution is -2.37. The topological polar surface area (TPSA) is 57.3 Å². The van der Waals surface area contributed by atoms with Crippen LogP contribution >= 0.6 is 12.2 Å². The van der Waals surface area contributed by atoms with Gasteiger partial charge in [0.1, 0.15) is 5.82 Å². The summed E-state index contributed by atoms with van der Waals surface area (Å²) < 4.78 is 0. The van der Waals surface area contributed by atoms with E-state index in [0.29, 0.717) is 24.6 Å². The Morgan fingerprint density at radius 2 is 2.37 bits per heavy atom. The molecule has 0 spiro atoms. The molecule has 0 unspecified atom stereocenters. The van der Waals surface area contributed by atoms with Gasteiger partial charge in [-0.3, -0.25) is 4.79 Å². The predicted molar refractivity (Wildman–Crippen MR) is 79.0 cm³/mol. The molecule has 1 aliphatic heterocycles. The molecule has 0 aliphatic carbocycles. The van der Waals surface area contributed by atoms with Gasteiger partial charge in [-0.15, -0.1) is 0 Å². The smallest absolute Gasteiger partial charge is 0.222 e. The Hall–Kier alpha value is -1.69. The highest BCUT2D eigenvalue weighted by molar-refractivity contribution is 7.80. The zero-order chi connectivity index (χ0) is 13.7. The van der Waals surface area contributed by atoms with Crippen LogP contribution in [0.2, 0.25) is 0 Å². The summed E-state index contributed by atoms with van der Waals surface area (Å²) in [5.74, 6) is 0.959. The van der Waals surface area contributed by atoms with Crippen molar-refractivity contribution in [3.8, 4) is 0 Å². The van der Waals surface area contributed by atoms with Gasteiger partial charge in [-0.2, -0.15) is 0 Å². The van der Waals surface area contributed by atoms with E-state index < -0.39 is 0 Å². The van der Waals surface area contributed by atoms with Crippen LogP contribution in [0.3, 0.4) is 0 Å². The van der Waals surface area contributed by atoms with Gasteiger partial charge in [0.15, 0.2) is 5.11 Å². The molecule has 1 fully saturated rings. The molecule has 1 amide bonds. The summed E-state index contributed by atoms with van der Waals surface area (Å²) in [5, 5.41) is 6.62. The fraction of sp³-hybridized carbons (Fsp3) is 0.462. The van der Waals surface area contributed by atoms with Gasteiger partial charge >= 0.3 is 0 Å². The van der Waals surface area contributed by atoms with Gasteiger partial charge in [0, 0.05) is 32.3 Å². The van der Waals surface area contributed by atoms with Gasteiger partial charge in [-0.1, -0.05) is 6.07 Å². The monoisotopic (exact) mass is 278 g/mol. The van der Waals surface area contributed by atoms with Crippen LogP contribution in [-0.4, -0.2) is 40.5 Å². The quantitative estimate of drug-likeness (QED) is 0.813. The highest BCUT2D eigenvalue weighted by Gasteiger charge is 2.19. The second-order valence-electron chi connectivity index (χ2n) is 4.59. The Morgan fingerprint density at radius 1 is 1.53 bits per heavy atom. The average molecular weight is 278 g/mol. The maximum atomic E-state index is 11.4. The minimum absolute atomic E-state index is 0.237. The van der Waals surface area contributed by atoms with E-state index in [1.165, 1.54) is 0 Å². The maximum Gasteiger partial charge on any atom is 0.222 e. The highest BCUT2D eigenvalue weighted by atomic mass is 32.1. The van der Waals surface area contributed by atoms with Gasteiger partial charge < -0.3 is 15.5 Å². The number of hydrogen-bond acceptors (Lipinski definition) is 3. The van der Waals surface area contributed by atoms with Gasteiger partial charge in [-0.05, 0) is 37.2 Å². The molecule has 2 heterocycles. The largest absolute Gasteiger partial charge is 0.361 e. The molecule has 1 saturated heterocycles. The normalized spacial score (nSPS) is 14.6. The molecule has 1 aromatic heterocycles. The molecule has 6 heteroatoms. The van der Waals surface area contributed by atoms with Crippen molar-refractivity contribution >= 4 is 29.1 Å². The molecular formula is C13H18N4OS. The lowest BCUT2D eigenvalue weighted by atomic mass is 10.3. The van der Waals surface area contributed by atoms with Gasteiger partial charge in [-0.25, -0.2) is 4.98 Å². The highest BCUT2D eigenvalue weighted by Crippen LogP contribution is 2.08. The van der Waals surface area contributed by atoms with E-state index in [0.717, 1.165) is 24.3 Å². The maximum absolute atomic E-state index is 11.4. The summed E-state index contributed by atoms with van der Waals surface area (Å²) >= 11 is 5.17. The van der Waals surface area contributed by atoms with E-state index >= 15 is 0 Å². The molecule has 1 aliphatic rings. The molecule has 0 saturated carbocycles.